The van der Waals surface area contributed by atoms with Crippen molar-refractivity contribution in [2.45, 2.75) is 13.8 Å². The highest BCUT2D eigenvalue weighted by Gasteiger charge is 2.09. The SMILES string of the molecule is CCNc1nc2c(C)ccc(F)c2s1. The fraction of sp³-hybridized carbons (Fsp3) is 0.300. The molecule has 0 saturated heterocycles. The van der Waals surface area contributed by atoms with E-state index in [0.717, 1.165) is 22.8 Å². The minimum Gasteiger partial charge on any atom is -0.362 e. The van der Waals surface area contributed by atoms with Gasteiger partial charge in [0.1, 0.15) is 5.82 Å². The first-order valence-electron chi connectivity index (χ1n) is 4.52. The molecule has 0 aliphatic rings. The van der Waals surface area contributed by atoms with Gasteiger partial charge in [-0.05, 0) is 25.5 Å². The van der Waals surface area contributed by atoms with Gasteiger partial charge in [-0.1, -0.05) is 17.4 Å². The Morgan fingerprint density at radius 1 is 1.50 bits per heavy atom. The molecule has 0 amide bonds. The fourth-order valence-corrected chi connectivity index (χ4v) is 2.34. The van der Waals surface area contributed by atoms with Crippen LogP contribution in [0.15, 0.2) is 12.1 Å². The van der Waals surface area contributed by atoms with Gasteiger partial charge in [0.15, 0.2) is 5.13 Å². The van der Waals surface area contributed by atoms with Crippen molar-refractivity contribution in [1.82, 2.24) is 4.98 Å². The molecule has 0 atom stereocenters. The number of nitrogens with zero attached hydrogens (tertiary/aromatic N) is 1. The lowest BCUT2D eigenvalue weighted by Gasteiger charge is -1.93. The molecule has 0 unspecified atom stereocenters. The van der Waals surface area contributed by atoms with Crippen molar-refractivity contribution < 1.29 is 4.39 Å². The minimum absolute atomic E-state index is 0.188. The summed E-state index contributed by atoms with van der Waals surface area (Å²) >= 11 is 1.37. The molecule has 1 heterocycles. The van der Waals surface area contributed by atoms with Crippen LogP contribution in [0.3, 0.4) is 0 Å². The number of aryl methyl sites for hydroxylation is 1. The molecule has 4 heteroatoms. The van der Waals surface area contributed by atoms with Crippen LogP contribution in [-0.4, -0.2) is 11.5 Å². The van der Waals surface area contributed by atoms with E-state index in [1.807, 2.05) is 13.8 Å². The van der Waals surface area contributed by atoms with E-state index in [4.69, 9.17) is 0 Å². The van der Waals surface area contributed by atoms with E-state index in [0.29, 0.717) is 4.70 Å². The number of hydrogen-bond donors (Lipinski definition) is 1. The predicted molar refractivity (Wildman–Crippen MR) is 58.5 cm³/mol. The molecule has 0 fully saturated rings. The van der Waals surface area contributed by atoms with Gasteiger partial charge in [0.05, 0.1) is 10.2 Å². The van der Waals surface area contributed by atoms with E-state index in [9.17, 15) is 4.39 Å². The number of rotatable bonds is 2. The van der Waals surface area contributed by atoms with Crippen LogP contribution < -0.4 is 5.32 Å². The Bertz CT molecular complexity index is 425. The van der Waals surface area contributed by atoms with Crippen molar-refractivity contribution >= 4 is 26.7 Å². The van der Waals surface area contributed by atoms with Crippen LogP contribution in [0.4, 0.5) is 9.52 Å². The number of hydrogen-bond acceptors (Lipinski definition) is 3. The van der Waals surface area contributed by atoms with Gasteiger partial charge in [-0.25, -0.2) is 9.37 Å². The fourth-order valence-electron chi connectivity index (χ4n) is 1.33. The van der Waals surface area contributed by atoms with Crippen molar-refractivity contribution in [1.29, 1.82) is 0 Å². The predicted octanol–water partition coefficient (Wildman–Crippen LogP) is 3.18. The molecule has 0 aliphatic carbocycles. The lowest BCUT2D eigenvalue weighted by atomic mass is 10.2. The largest absolute Gasteiger partial charge is 0.362 e. The zero-order chi connectivity index (χ0) is 10.1. The minimum atomic E-state index is -0.188. The maximum atomic E-state index is 13.4. The summed E-state index contributed by atoms with van der Waals surface area (Å²) in [4.78, 5) is 4.33. The summed E-state index contributed by atoms with van der Waals surface area (Å²) in [6, 6.07) is 3.25. The molecule has 1 N–H and O–H groups in total. The van der Waals surface area contributed by atoms with E-state index in [-0.39, 0.29) is 5.82 Å². The van der Waals surface area contributed by atoms with Gasteiger partial charge in [0.2, 0.25) is 0 Å². The molecule has 2 aromatic rings. The van der Waals surface area contributed by atoms with E-state index in [2.05, 4.69) is 10.3 Å². The van der Waals surface area contributed by atoms with E-state index in [1.165, 1.54) is 17.4 Å². The third-order valence-electron chi connectivity index (χ3n) is 2.03. The smallest absolute Gasteiger partial charge is 0.183 e. The van der Waals surface area contributed by atoms with E-state index >= 15 is 0 Å². The van der Waals surface area contributed by atoms with E-state index in [1.54, 1.807) is 6.07 Å². The van der Waals surface area contributed by atoms with Crippen LogP contribution in [0, 0.1) is 12.7 Å². The van der Waals surface area contributed by atoms with Crippen molar-refractivity contribution in [2.24, 2.45) is 0 Å². The zero-order valence-corrected chi connectivity index (χ0v) is 8.91. The molecule has 2 nitrogen and oxygen atoms in total. The third kappa shape index (κ3) is 1.46. The van der Waals surface area contributed by atoms with Crippen LogP contribution >= 0.6 is 11.3 Å². The molecular formula is C10H11FN2S. The molecule has 0 radical (unpaired) electrons. The normalized spacial score (nSPS) is 10.8. The maximum Gasteiger partial charge on any atom is 0.183 e. The van der Waals surface area contributed by atoms with Gasteiger partial charge in [-0.3, -0.25) is 0 Å². The highest BCUT2D eigenvalue weighted by Crippen LogP contribution is 2.30. The lowest BCUT2D eigenvalue weighted by molar-refractivity contribution is 0.641. The second-order valence-electron chi connectivity index (χ2n) is 3.09. The molecule has 0 spiro atoms. The van der Waals surface area contributed by atoms with E-state index < -0.39 is 0 Å². The monoisotopic (exact) mass is 210 g/mol. The maximum absolute atomic E-state index is 13.4. The number of anilines is 1. The zero-order valence-electron chi connectivity index (χ0n) is 8.10. The van der Waals surface area contributed by atoms with Crippen molar-refractivity contribution in [3.05, 3.63) is 23.5 Å². The van der Waals surface area contributed by atoms with Gasteiger partial charge in [0, 0.05) is 6.54 Å². The van der Waals surface area contributed by atoms with Crippen molar-refractivity contribution in [2.75, 3.05) is 11.9 Å². The Balaban J connectivity index is 2.63. The van der Waals surface area contributed by atoms with Gasteiger partial charge in [0.25, 0.3) is 0 Å². The number of fused-ring (bicyclic) bond motifs is 1. The van der Waals surface area contributed by atoms with Crippen molar-refractivity contribution in [3.8, 4) is 0 Å². The first-order chi connectivity index (χ1) is 6.72. The topological polar surface area (TPSA) is 24.9 Å². The number of aromatic nitrogens is 1. The van der Waals surface area contributed by atoms with Crippen LogP contribution in [-0.2, 0) is 0 Å². The van der Waals surface area contributed by atoms with Crippen LogP contribution in [0.25, 0.3) is 10.2 Å². The second kappa shape index (κ2) is 3.53. The summed E-state index contributed by atoms with van der Waals surface area (Å²) < 4.78 is 14.0. The Hall–Kier alpha value is -1.16. The Kier molecular flexibility index (Phi) is 2.37. The summed E-state index contributed by atoms with van der Waals surface area (Å²) in [7, 11) is 0. The van der Waals surface area contributed by atoms with Crippen molar-refractivity contribution in [3.63, 3.8) is 0 Å². The summed E-state index contributed by atoms with van der Waals surface area (Å²) in [5, 5.41) is 3.88. The molecule has 0 aliphatic heterocycles. The van der Waals surface area contributed by atoms with Gasteiger partial charge >= 0.3 is 0 Å². The van der Waals surface area contributed by atoms with Crippen LogP contribution in [0.2, 0.25) is 0 Å². The summed E-state index contributed by atoms with van der Waals surface area (Å²) in [5.41, 5.74) is 1.78. The van der Waals surface area contributed by atoms with Gasteiger partial charge in [-0.2, -0.15) is 0 Å². The first kappa shape index (κ1) is 9.40. The van der Waals surface area contributed by atoms with Crippen LogP contribution in [0.5, 0.6) is 0 Å². The molecule has 0 bridgehead atoms. The number of nitrogens with one attached hydrogen (secondary N) is 1. The third-order valence-corrected chi connectivity index (χ3v) is 3.05. The van der Waals surface area contributed by atoms with Gasteiger partial charge in [-0.15, -0.1) is 0 Å². The standard InChI is InChI=1S/C10H11FN2S/c1-3-12-10-13-8-6(2)4-5-7(11)9(8)14-10/h4-5H,3H2,1-2H3,(H,12,13). The summed E-state index contributed by atoms with van der Waals surface area (Å²) in [6.07, 6.45) is 0. The quantitative estimate of drug-likeness (QED) is 0.823. The Labute approximate surface area is 85.8 Å². The van der Waals surface area contributed by atoms with Crippen LogP contribution in [0.1, 0.15) is 12.5 Å². The Morgan fingerprint density at radius 3 is 2.93 bits per heavy atom. The molecule has 14 heavy (non-hydrogen) atoms. The van der Waals surface area contributed by atoms with Gasteiger partial charge < -0.3 is 5.32 Å². The summed E-state index contributed by atoms with van der Waals surface area (Å²) in [6.45, 7) is 4.74. The number of halogens is 1. The highest BCUT2D eigenvalue weighted by atomic mass is 32.1. The lowest BCUT2D eigenvalue weighted by Crippen LogP contribution is -1.94. The number of thiazole rings is 1. The highest BCUT2D eigenvalue weighted by molar-refractivity contribution is 7.22. The molecule has 2 rings (SSSR count). The molecule has 0 saturated carbocycles. The summed E-state index contributed by atoms with van der Waals surface area (Å²) in [5.74, 6) is -0.188. The molecule has 1 aromatic heterocycles. The Morgan fingerprint density at radius 2 is 2.29 bits per heavy atom. The average Bonchev–Trinajstić information content (AvgIpc) is 2.57. The molecule has 1 aromatic carbocycles. The first-order valence-corrected chi connectivity index (χ1v) is 5.33. The molecular weight excluding hydrogens is 199 g/mol. The second-order valence-corrected chi connectivity index (χ2v) is 4.09. The number of benzene rings is 1. The molecule has 74 valence electrons. The average molecular weight is 210 g/mol.